The van der Waals surface area contributed by atoms with Crippen LogP contribution in [0.1, 0.15) is 0 Å². The summed E-state index contributed by atoms with van der Waals surface area (Å²) in [6.45, 7) is 0.708. The number of phenols is 1. The van der Waals surface area contributed by atoms with Crippen molar-refractivity contribution in [2.24, 2.45) is 0 Å². The molecule has 10 heteroatoms. The van der Waals surface area contributed by atoms with E-state index in [1.165, 1.54) is 24.3 Å². The van der Waals surface area contributed by atoms with Crippen LogP contribution in [0.4, 0.5) is 8.78 Å². The SMILES string of the molecule is C=C(COCC(F)(F)S(=O)(=O)[O-])C(=O)Oc1ccccc1O. The summed E-state index contributed by atoms with van der Waals surface area (Å²) < 4.78 is 65.2. The molecule has 0 aliphatic carbocycles. The van der Waals surface area contributed by atoms with Crippen LogP contribution < -0.4 is 4.74 Å². The number of phenolic OH excluding ortho intramolecular Hbond substituents is 1. The second-order valence-electron chi connectivity index (χ2n) is 4.05. The van der Waals surface area contributed by atoms with Crippen molar-refractivity contribution in [2.75, 3.05) is 13.2 Å². The van der Waals surface area contributed by atoms with Crippen LogP contribution in [0.15, 0.2) is 36.4 Å². The monoisotopic (exact) mass is 337 g/mol. The summed E-state index contributed by atoms with van der Waals surface area (Å²) in [6, 6.07) is 5.48. The number of carbonyl (C=O) groups excluding carboxylic acids is 1. The smallest absolute Gasteiger partial charge is 0.357 e. The minimum atomic E-state index is -5.86. The Morgan fingerprint density at radius 2 is 1.95 bits per heavy atom. The van der Waals surface area contributed by atoms with Crippen LogP contribution in [0, 0.1) is 0 Å². The van der Waals surface area contributed by atoms with Gasteiger partial charge >= 0.3 is 11.2 Å². The number of benzene rings is 1. The van der Waals surface area contributed by atoms with Gasteiger partial charge in [-0.3, -0.25) is 0 Å². The molecule has 0 radical (unpaired) electrons. The maximum absolute atomic E-state index is 12.8. The zero-order valence-electron chi connectivity index (χ0n) is 11.0. The van der Waals surface area contributed by atoms with Crippen molar-refractivity contribution in [3.8, 4) is 11.5 Å². The van der Waals surface area contributed by atoms with Gasteiger partial charge < -0.3 is 19.1 Å². The van der Waals surface area contributed by atoms with Gasteiger partial charge in [-0.15, -0.1) is 0 Å². The number of esters is 1. The molecule has 0 unspecified atom stereocenters. The Kier molecular flexibility index (Phi) is 5.58. The Balaban J connectivity index is 2.53. The number of ether oxygens (including phenoxy) is 2. The molecule has 0 fully saturated rings. The van der Waals surface area contributed by atoms with E-state index in [1.54, 1.807) is 0 Å². The van der Waals surface area contributed by atoms with Crippen LogP contribution in [0.3, 0.4) is 0 Å². The highest BCUT2D eigenvalue weighted by molar-refractivity contribution is 7.86. The first-order valence-electron chi connectivity index (χ1n) is 5.63. The highest BCUT2D eigenvalue weighted by Crippen LogP contribution is 2.25. The fourth-order valence-electron chi connectivity index (χ4n) is 1.14. The molecular formula is C12H11F2O7S-. The zero-order chi connectivity index (χ0) is 17.0. The molecule has 0 spiro atoms. The Labute approximate surface area is 124 Å². The standard InChI is InChI=1S/C12H12F2O7S/c1-8(6-20-7-12(13,14)22(17,18)19)11(16)21-10-5-3-2-4-9(10)15/h2-5,15H,1,6-7H2,(H,17,18,19)/p-1. The average molecular weight is 337 g/mol. The number of hydrogen-bond acceptors (Lipinski definition) is 7. The van der Waals surface area contributed by atoms with Crippen molar-refractivity contribution in [3.05, 3.63) is 36.4 Å². The van der Waals surface area contributed by atoms with Crippen LogP contribution in [0.5, 0.6) is 11.5 Å². The number of aromatic hydroxyl groups is 1. The molecule has 0 amide bonds. The van der Waals surface area contributed by atoms with Crippen molar-refractivity contribution < 1.29 is 41.1 Å². The summed E-state index contributed by atoms with van der Waals surface area (Å²) in [5, 5.41) is 4.76. The maximum atomic E-state index is 12.8. The summed E-state index contributed by atoms with van der Waals surface area (Å²) in [4.78, 5) is 11.5. The van der Waals surface area contributed by atoms with Crippen molar-refractivity contribution in [1.82, 2.24) is 0 Å². The number of rotatable bonds is 7. The zero-order valence-corrected chi connectivity index (χ0v) is 11.8. The lowest BCUT2D eigenvalue weighted by Gasteiger charge is -2.19. The third kappa shape index (κ3) is 4.76. The van der Waals surface area contributed by atoms with E-state index in [0.717, 1.165) is 0 Å². The summed E-state index contributed by atoms with van der Waals surface area (Å²) in [5.74, 6) is -1.58. The molecule has 0 aliphatic rings. The summed E-state index contributed by atoms with van der Waals surface area (Å²) >= 11 is 0. The highest BCUT2D eigenvalue weighted by Gasteiger charge is 2.38. The van der Waals surface area contributed by atoms with Gasteiger partial charge in [0.1, 0.15) is 6.61 Å². The molecule has 0 aromatic heterocycles. The molecule has 0 atom stereocenters. The molecule has 0 saturated heterocycles. The normalized spacial score (nSPS) is 12.0. The second kappa shape index (κ2) is 6.81. The number of carbonyl (C=O) groups is 1. The van der Waals surface area contributed by atoms with Gasteiger partial charge in [-0.25, -0.2) is 13.2 Å². The minimum Gasteiger partial charge on any atom is -0.743 e. The van der Waals surface area contributed by atoms with Crippen molar-refractivity contribution >= 4 is 16.1 Å². The Bertz CT molecular complexity index is 670. The first kappa shape index (κ1) is 18.0. The van der Waals surface area contributed by atoms with Gasteiger partial charge in [-0.05, 0) is 12.1 Å². The minimum absolute atomic E-state index is 0.180. The molecule has 22 heavy (non-hydrogen) atoms. The Hall–Kier alpha value is -2.04. The molecule has 1 aromatic rings. The largest absolute Gasteiger partial charge is 0.743 e. The third-order valence-corrected chi connectivity index (χ3v) is 3.12. The number of hydrogen-bond donors (Lipinski definition) is 1. The highest BCUT2D eigenvalue weighted by atomic mass is 32.2. The summed E-state index contributed by atoms with van der Waals surface area (Å²) in [7, 11) is -5.86. The number of alkyl halides is 2. The Morgan fingerprint density at radius 1 is 1.36 bits per heavy atom. The van der Waals surface area contributed by atoms with Gasteiger partial charge in [0.2, 0.25) is 0 Å². The van der Waals surface area contributed by atoms with E-state index in [4.69, 9.17) is 4.74 Å². The summed E-state index contributed by atoms with van der Waals surface area (Å²) in [5.41, 5.74) is -0.414. The molecule has 7 nitrogen and oxygen atoms in total. The number of halogens is 2. The maximum Gasteiger partial charge on any atom is 0.357 e. The summed E-state index contributed by atoms with van der Waals surface area (Å²) in [6.07, 6.45) is 0. The van der Waals surface area contributed by atoms with E-state index in [-0.39, 0.29) is 11.5 Å². The van der Waals surface area contributed by atoms with E-state index in [9.17, 15) is 31.7 Å². The first-order chi connectivity index (χ1) is 10.0. The lowest BCUT2D eigenvalue weighted by atomic mass is 10.3. The van der Waals surface area contributed by atoms with Crippen LogP contribution in [0.2, 0.25) is 0 Å². The predicted octanol–water partition coefficient (Wildman–Crippen LogP) is 1.01. The van der Waals surface area contributed by atoms with Crippen molar-refractivity contribution in [2.45, 2.75) is 5.25 Å². The van der Waals surface area contributed by atoms with Gasteiger partial charge in [0.15, 0.2) is 21.6 Å². The van der Waals surface area contributed by atoms with Gasteiger partial charge in [0.25, 0.3) is 0 Å². The van der Waals surface area contributed by atoms with Gasteiger partial charge in [-0.1, -0.05) is 18.7 Å². The van der Waals surface area contributed by atoms with E-state index in [2.05, 4.69) is 11.3 Å². The third-order valence-electron chi connectivity index (χ3n) is 2.27. The van der Waals surface area contributed by atoms with E-state index in [1.807, 2.05) is 0 Å². The van der Waals surface area contributed by atoms with E-state index < -0.39 is 40.1 Å². The van der Waals surface area contributed by atoms with Crippen molar-refractivity contribution in [1.29, 1.82) is 0 Å². The fraction of sp³-hybridized carbons (Fsp3) is 0.250. The number of para-hydroxylation sites is 2. The fourth-order valence-corrected chi connectivity index (χ4v) is 1.37. The van der Waals surface area contributed by atoms with Gasteiger partial charge in [0, 0.05) is 0 Å². The topological polar surface area (TPSA) is 113 Å². The molecule has 0 heterocycles. The van der Waals surface area contributed by atoms with Crippen molar-refractivity contribution in [3.63, 3.8) is 0 Å². The lowest BCUT2D eigenvalue weighted by molar-refractivity contribution is -0.131. The van der Waals surface area contributed by atoms with Gasteiger partial charge in [-0.2, -0.15) is 8.78 Å². The lowest BCUT2D eigenvalue weighted by Crippen LogP contribution is -2.34. The molecule has 1 aromatic carbocycles. The average Bonchev–Trinajstić information content (AvgIpc) is 2.39. The molecule has 0 aliphatic heterocycles. The molecule has 0 saturated carbocycles. The van der Waals surface area contributed by atoms with Crippen LogP contribution >= 0.6 is 0 Å². The molecule has 1 rings (SSSR count). The first-order valence-corrected chi connectivity index (χ1v) is 7.04. The molecular weight excluding hydrogens is 326 g/mol. The second-order valence-corrected chi connectivity index (χ2v) is 5.55. The predicted molar refractivity (Wildman–Crippen MR) is 68.3 cm³/mol. The Morgan fingerprint density at radius 3 is 2.50 bits per heavy atom. The van der Waals surface area contributed by atoms with E-state index >= 15 is 0 Å². The molecule has 122 valence electrons. The van der Waals surface area contributed by atoms with E-state index in [0.29, 0.717) is 0 Å². The van der Waals surface area contributed by atoms with Crippen LogP contribution in [-0.4, -0.2) is 42.5 Å². The quantitative estimate of drug-likeness (QED) is 0.342. The molecule has 1 N–H and O–H groups in total. The van der Waals surface area contributed by atoms with Crippen LogP contribution in [0.25, 0.3) is 0 Å². The van der Waals surface area contributed by atoms with Gasteiger partial charge in [0.05, 0.1) is 12.2 Å². The van der Waals surface area contributed by atoms with Crippen LogP contribution in [-0.2, 0) is 19.6 Å². The molecule has 0 bridgehead atoms.